The Labute approximate surface area is 118 Å². The third kappa shape index (κ3) is 2.86. The fourth-order valence-corrected chi connectivity index (χ4v) is 1.75. The van der Waals surface area contributed by atoms with E-state index in [-0.39, 0.29) is 11.5 Å². The van der Waals surface area contributed by atoms with Crippen LogP contribution in [0.4, 0.5) is 5.69 Å². The number of nitrogens with zero attached hydrogens (tertiary/aromatic N) is 2. The van der Waals surface area contributed by atoms with Gasteiger partial charge in [0.25, 0.3) is 5.91 Å². The van der Waals surface area contributed by atoms with E-state index in [0.717, 1.165) is 5.56 Å². The van der Waals surface area contributed by atoms with E-state index in [9.17, 15) is 9.59 Å². The van der Waals surface area contributed by atoms with E-state index in [1.165, 1.54) is 24.7 Å². The third-order valence-electron chi connectivity index (χ3n) is 2.80. The number of aromatic nitrogens is 3. The van der Waals surface area contributed by atoms with Crippen molar-refractivity contribution in [1.29, 1.82) is 0 Å². The lowest BCUT2D eigenvalue weighted by molar-refractivity contribution is 0.102. The molecular weight excluding hydrogens is 272 g/mol. The van der Waals surface area contributed by atoms with E-state index in [1.54, 1.807) is 24.3 Å². The maximum absolute atomic E-state index is 12.0. The number of benzene rings is 1. The molecule has 1 amide bonds. The van der Waals surface area contributed by atoms with Gasteiger partial charge in [-0.2, -0.15) is 0 Å². The van der Waals surface area contributed by atoms with Crippen LogP contribution in [-0.4, -0.2) is 21.1 Å². The molecule has 0 atom stereocenters. The standard InChI is InChI=1S/C14H10N4O3/c19-12-6-3-10(7-15-12)13(20)17-11-4-1-9(2-5-11)14-18-16-8-21-14/h1-8H,(H,15,19)(H,17,20). The second-order valence-electron chi connectivity index (χ2n) is 4.22. The van der Waals surface area contributed by atoms with Gasteiger partial charge >= 0.3 is 0 Å². The maximum atomic E-state index is 12.0. The molecule has 0 aliphatic carbocycles. The molecule has 7 nitrogen and oxygen atoms in total. The molecule has 0 spiro atoms. The van der Waals surface area contributed by atoms with Crippen LogP contribution < -0.4 is 10.9 Å². The number of hydrogen-bond acceptors (Lipinski definition) is 5. The molecule has 3 rings (SSSR count). The molecule has 0 aliphatic rings. The van der Waals surface area contributed by atoms with Gasteiger partial charge in [0, 0.05) is 23.5 Å². The van der Waals surface area contributed by atoms with Crippen molar-refractivity contribution in [2.24, 2.45) is 0 Å². The van der Waals surface area contributed by atoms with Gasteiger partial charge in [-0.1, -0.05) is 0 Å². The van der Waals surface area contributed by atoms with Crippen molar-refractivity contribution in [2.75, 3.05) is 5.32 Å². The minimum Gasteiger partial charge on any atom is -0.423 e. The van der Waals surface area contributed by atoms with E-state index >= 15 is 0 Å². The Morgan fingerprint density at radius 2 is 1.95 bits per heavy atom. The van der Waals surface area contributed by atoms with Crippen LogP contribution in [0.25, 0.3) is 11.5 Å². The summed E-state index contributed by atoms with van der Waals surface area (Å²) < 4.78 is 5.08. The Balaban J connectivity index is 1.74. The second-order valence-corrected chi connectivity index (χ2v) is 4.22. The summed E-state index contributed by atoms with van der Waals surface area (Å²) in [5, 5.41) is 10.1. The predicted molar refractivity (Wildman–Crippen MR) is 74.7 cm³/mol. The molecule has 0 saturated carbocycles. The van der Waals surface area contributed by atoms with Gasteiger partial charge < -0.3 is 14.7 Å². The quantitative estimate of drug-likeness (QED) is 0.761. The zero-order valence-corrected chi connectivity index (χ0v) is 10.7. The number of hydrogen-bond donors (Lipinski definition) is 2. The fourth-order valence-electron chi connectivity index (χ4n) is 1.75. The lowest BCUT2D eigenvalue weighted by Gasteiger charge is -2.05. The zero-order chi connectivity index (χ0) is 14.7. The van der Waals surface area contributed by atoms with Crippen molar-refractivity contribution in [2.45, 2.75) is 0 Å². The van der Waals surface area contributed by atoms with Gasteiger partial charge in [-0.3, -0.25) is 9.59 Å². The number of carbonyl (C=O) groups excluding carboxylic acids is 1. The minimum absolute atomic E-state index is 0.254. The Morgan fingerprint density at radius 1 is 1.14 bits per heavy atom. The molecule has 2 N–H and O–H groups in total. The number of H-pyrrole nitrogens is 1. The number of anilines is 1. The largest absolute Gasteiger partial charge is 0.423 e. The van der Waals surface area contributed by atoms with Crippen LogP contribution in [0.2, 0.25) is 0 Å². The number of aromatic amines is 1. The Hall–Kier alpha value is -3.22. The number of nitrogens with one attached hydrogen (secondary N) is 2. The van der Waals surface area contributed by atoms with Crippen molar-refractivity contribution in [3.63, 3.8) is 0 Å². The van der Waals surface area contributed by atoms with Crippen molar-refractivity contribution in [3.8, 4) is 11.5 Å². The minimum atomic E-state index is -0.309. The average Bonchev–Trinajstić information content (AvgIpc) is 3.03. The van der Waals surface area contributed by atoms with Crippen LogP contribution >= 0.6 is 0 Å². The van der Waals surface area contributed by atoms with Crippen LogP contribution in [-0.2, 0) is 0 Å². The molecule has 104 valence electrons. The van der Waals surface area contributed by atoms with E-state index in [2.05, 4.69) is 20.5 Å². The molecule has 0 unspecified atom stereocenters. The van der Waals surface area contributed by atoms with Gasteiger partial charge in [0.1, 0.15) is 0 Å². The zero-order valence-electron chi connectivity index (χ0n) is 10.7. The molecular formula is C14H10N4O3. The van der Waals surface area contributed by atoms with Gasteiger partial charge in [0.15, 0.2) is 0 Å². The monoisotopic (exact) mass is 282 g/mol. The predicted octanol–water partition coefficient (Wildman–Crippen LogP) is 1.68. The molecule has 21 heavy (non-hydrogen) atoms. The molecule has 0 aliphatic heterocycles. The maximum Gasteiger partial charge on any atom is 0.257 e. The Kier molecular flexibility index (Phi) is 3.30. The van der Waals surface area contributed by atoms with Crippen LogP contribution in [0.5, 0.6) is 0 Å². The summed E-state index contributed by atoms with van der Waals surface area (Å²) >= 11 is 0. The van der Waals surface area contributed by atoms with Crippen molar-refractivity contribution < 1.29 is 9.21 Å². The normalized spacial score (nSPS) is 10.3. The van der Waals surface area contributed by atoms with E-state index < -0.39 is 0 Å². The summed E-state index contributed by atoms with van der Waals surface area (Å²) in [6.45, 7) is 0. The fraction of sp³-hybridized carbons (Fsp3) is 0. The topological polar surface area (TPSA) is 101 Å². The lowest BCUT2D eigenvalue weighted by Crippen LogP contribution is -2.14. The number of amides is 1. The average molecular weight is 282 g/mol. The van der Waals surface area contributed by atoms with Crippen LogP contribution in [0.1, 0.15) is 10.4 Å². The molecule has 3 aromatic rings. The Bertz CT molecular complexity index is 786. The van der Waals surface area contributed by atoms with Crippen molar-refractivity contribution in [1.82, 2.24) is 15.2 Å². The van der Waals surface area contributed by atoms with Crippen LogP contribution in [0, 0.1) is 0 Å². The van der Waals surface area contributed by atoms with Gasteiger partial charge in [0.2, 0.25) is 17.8 Å². The van der Waals surface area contributed by atoms with Crippen molar-refractivity contribution in [3.05, 3.63) is 64.9 Å². The number of pyridine rings is 1. The number of carbonyl (C=O) groups is 1. The van der Waals surface area contributed by atoms with Crippen LogP contribution in [0.15, 0.2) is 58.2 Å². The summed E-state index contributed by atoms with van der Waals surface area (Å²) in [7, 11) is 0. The van der Waals surface area contributed by atoms with Gasteiger partial charge in [-0.25, -0.2) is 0 Å². The molecule has 0 radical (unpaired) electrons. The van der Waals surface area contributed by atoms with E-state index in [1.807, 2.05) is 0 Å². The highest BCUT2D eigenvalue weighted by Gasteiger charge is 2.07. The SMILES string of the molecule is O=C(Nc1ccc(-c2nnco2)cc1)c1ccc(=O)[nH]c1. The summed E-state index contributed by atoms with van der Waals surface area (Å²) in [5.41, 5.74) is 1.50. The first-order valence-corrected chi connectivity index (χ1v) is 6.09. The molecule has 1 aromatic carbocycles. The highest BCUT2D eigenvalue weighted by Crippen LogP contribution is 2.19. The summed E-state index contributed by atoms with van der Waals surface area (Å²) in [4.78, 5) is 25.4. The smallest absolute Gasteiger partial charge is 0.257 e. The van der Waals surface area contributed by atoms with Crippen molar-refractivity contribution >= 4 is 11.6 Å². The molecule has 2 heterocycles. The molecule has 0 bridgehead atoms. The van der Waals surface area contributed by atoms with E-state index in [0.29, 0.717) is 17.1 Å². The second kappa shape index (κ2) is 5.41. The third-order valence-corrected chi connectivity index (χ3v) is 2.80. The molecule has 0 saturated heterocycles. The first-order valence-electron chi connectivity index (χ1n) is 6.09. The number of rotatable bonds is 3. The van der Waals surface area contributed by atoms with Gasteiger partial charge in [-0.05, 0) is 30.3 Å². The van der Waals surface area contributed by atoms with Gasteiger partial charge in [0.05, 0.1) is 5.56 Å². The van der Waals surface area contributed by atoms with Gasteiger partial charge in [-0.15, -0.1) is 10.2 Å². The summed E-state index contributed by atoms with van der Waals surface area (Å²) in [6.07, 6.45) is 2.62. The highest BCUT2D eigenvalue weighted by molar-refractivity contribution is 6.04. The molecule has 0 fully saturated rings. The lowest BCUT2D eigenvalue weighted by atomic mass is 10.2. The molecule has 7 heteroatoms. The summed E-state index contributed by atoms with van der Waals surface area (Å²) in [5.74, 6) is 0.102. The Morgan fingerprint density at radius 3 is 2.57 bits per heavy atom. The first-order chi connectivity index (χ1) is 10.2. The summed E-state index contributed by atoms with van der Waals surface area (Å²) in [6, 6.07) is 9.73. The molecule has 2 aromatic heterocycles. The highest BCUT2D eigenvalue weighted by atomic mass is 16.4. The van der Waals surface area contributed by atoms with Crippen LogP contribution in [0.3, 0.4) is 0 Å². The first kappa shape index (κ1) is 12.8. The van der Waals surface area contributed by atoms with E-state index in [4.69, 9.17) is 4.42 Å².